The zero-order valence-corrected chi connectivity index (χ0v) is 16.1. The molecule has 2 aliphatic rings. The van der Waals surface area contributed by atoms with E-state index in [0.29, 0.717) is 18.6 Å². The fourth-order valence-electron chi connectivity index (χ4n) is 2.73. The number of aliphatic imine (C=N–C) groups is 1. The Bertz CT molecular complexity index is 520. The van der Waals surface area contributed by atoms with E-state index in [2.05, 4.69) is 23.1 Å². The molecular weight excluding hydrogens is 409 g/mol. The number of halogens is 1. The molecule has 1 heterocycles. The summed E-state index contributed by atoms with van der Waals surface area (Å²) in [5, 5.41) is 0. The van der Waals surface area contributed by atoms with E-state index in [-0.39, 0.29) is 24.0 Å². The fourth-order valence-corrected chi connectivity index (χ4v) is 3.63. The molecule has 122 valence electrons. The van der Waals surface area contributed by atoms with Gasteiger partial charge in [0.05, 0.1) is 12.6 Å². The van der Waals surface area contributed by atoms with E-state index in [1.807, 2.05) is 24.8 Å². The Labute approximate surface area is 153 Å². The second-order valence-corrected chi connectivity index (χ2v) is 6.73. The summed E-state index contributed by atoms with van der Waals surface area (Å²) < 4.78 is 5.56. The number of rotatable bonds is 4. The maximum atomic E-state index is 6.15. The predicted molar refractivity (Wildman–Crippen MR) is 105 cm³/mol. The van der Waals surface area contributed by atoms with Crippen LogP contribution >= 0.6 is 35.7 Å². The van der Waals surface area contributed by atoms with Gasteiger partial charge in [0.2, 0.25) is 0 Å². The zero-order chi connectivity index (χ0) is 14.7. The first-order chi connectivity index (χ1) is 10.3. The molecule has 2 N–H and O–H groups in total. The minimum atomic E-state index is 0. The average Bonchev–Trinajstić information content (AvgIpc) is 3.28. The monoisotopic (exact) mass is 433 g/mol. The molecule has 6 heteroatoms. The van der Waals surface area contributed by atoms with Gasteiger partial charge in [0, 0.05) is 30.5 Å². The highest BCUT2D eigenvalue weighted by atomic mass is 127. The third-order valence-electron chi connectivity index (χ3n) is 3.99. The van der Waals surface area contributed by atoms with Gasteiger partial charge in [-0.1, -0.05) is 12.1 Å². The Kier molecular flexibility index (Phi) is 6.67. The maximum Gasteiger partial charge on any atom is 0.191 e. The van der Waals surface area contributed by atoms with E-state index >= 15 is 0 Å². The van der Waals surface area contributed by atoms with Gasteiger partial charge in [0.1, 0.15) is 5.75 Å². The summed E-state index contributed by atoms with van der Waals surface area (Å²) in [6.45, 7) is 4.76. The zero-order valence-electron chi connectivity index (χ0n) is 12.9. The van der Waals surface area contributed by atoms with E-state index in [1.54, 1.807) is 0 Å². The molecule has 1 aromatic carbocycles. The minimum absolute atomic E-state index is 0. The van der Waals surface area contributed by atoms with Crippen molar-refractivity contribution in [3.8, 4) is 5.75 Å². The van der Waals surface area contributed by atoms with Crippen LogP contribution < -0.4 is 10.5 Å². The number of hydrogen-bond donors (Lipinski definition) is 1. The lowest BCUT2D eigenvalue weighted by Gasteiger charge is -2.27. The van der Waals surface area contributed by atoms with E-state index < -0.39 is 0 Å². The smallest absolute Gasteiger partial charge is 0.191 e. The summed E-state index contributed by atoms with van der Waals surface area (Å²) in [6.07, 6.45) is 1.10. The highest BCUT2D eigenvalue weighted by Crippen LogP contribution is 2.44. The third-order valence-corrected chi connectivity index (χ3v) is 4.93. The lowest BCUT2D eigenvalue weighted by molar-refractivity contribution is 0.340. The fraction of sp³-hybridized carbons (Fsp3) is 0.562. The molecule has 0 amide bonds. The van der Waals surface area contributed by atoms with Crippen molar-refractivity contribution in [3.63, 3.8) is 0 Å². The molecule has 0 spiro atoms. The van der Waals surface area contributed by atoms with Gasteiger partial charge in [0.15, 0.2) is 5.96 Å². The van der Waals surface area contributed by atoms with Crippen molar-refractivity contribution in [2.45, 2.75) is 25.3 Å². The first kappa shape index (κ1) is 17.7. The standard InChI is InChI=1S/C16H23N3OS.HI/c1-2-20-13-5-3-4-12(10-13)14-11-15(14)18-16(17)19-6-8-21-9-7-19;/h3-5,10,14-15H,2,6-9,11H2,1H3,(H2,17,18);1H/t14-,15+;/m0./s1. The Morgan fingerprint density at radius 3 is 2.91 bits per heavy atom. The molecule has 1 aromatic rings. The number of nitrogens with two attached hydrogens (primary N) is 1. The van der Waals surface area contributed by atoms with Crippen LogP contribution in [0.5, 0.6) is 5.75 Å². The summed E-state index contributed by atoms with van der Waals surface area (Å²) in [5.74, 6) is 4.49. The molecular formula is C16H24IN3OS. The highest BCUT2D eigenvalue weighted by Gasteiger charge is 2.39. The van der Waals surface area contributed by atoms with E-state index in [4.69, 9.17) is 15.5 Å². The second-order valence-electron chi connectivity index (χ2n) is 5.50. The molecule has 22 heavy (non-hydrogen) atoms. The molecule has 1 aliphatic heterocycles. The van der Waals surface area contributed by atoms with Crippen LogP contribution in [-0.4, -0.2) is 48.1 Å². The van der Waals surface area contributed by atoms with Gasteiger partial charge >= 0.3 is 0 Å². The SMILES string of the molecule is CCOc1cccc([C@@H]2C[C@H]2N=C(N)N2CCSCC2)c1.I. The third kappa shape index (κ3) is 4.44. The predicted octanol–water partition coefficient (Wildman–Crippen LogP) is 2.92. The molecule has 0 bridgehead atoms. The van der Waals surface area contributed by atoms with Crippen molar-refractivity contribution < 1.29 is 4.74 Å². The first-order valence-corrected chi connectivity index (χ1v) is 8.82. The van der Waals surface area contributed by atoms with Crippen molar-refractivity contribution in [2.24, 2.45) is 10.7 Å². The van der Waals surface area contributed by atoms with Gasteiger partial charge in [-0.05, 0) is 31.0 Å². The van der Waals surface area contributed by atoms with Crippen molar-refractivity contribution in [3.05, 3.63) is 29.8 Å². The summed E-state index contributed by atoms with van der Waals surface area (Å²) in [5.41, 5.74) is 7.47. The Morgan fingerprint density at radius 2 is 2.18 bits per heavy atom. The number of hydrogen-bond acceptors (Lipinski definition) is 3. The number of guanidine groups is 1. The van der Waals surface area contributed by atoms with Crippen LogP contribution in [0, 0.1) is 0 Å². The van der Waals surface area contributed by atoms with Gasteiger partial charge in [-0.25, -0.2) is 4.99 Å². The molecule has 0 unspecified atom stereocenters. The van der Waals surface area contributed by atoms with Crippen molar-refractivity contribution >= 4 is 41.7 Å². The molecule has 0 radical (unpaired) electrons. The van der Waals surface area contributed by atoms with Crippen molar-refractivity contribution in [2.75, 3.05) is 31.2 Å². The molecule has 4 nitrogen and oxygen atoms in total. The van der Waals surface area contributed by atoms with E-state index in [9.17, 15) is 0 Å². The Morgan fingerprint density at radius 1 is 1.41 bits per heavy atom. The molecule has 0 aromatic heterocycles. The normalized spacial score (nSPS) is 24.6. The largest absolute Gasteiger partial charge is 0.494 e. The lowest BCUT2D eigenvalue weighted by Crippen LogP contribution is -2.42. The van der Waals surface area contributed by atoms with Crippen LogP contribution in [0.1, 0.15) is 24.8 Å². The molecule has 1 saturated heterocycles. The second kappa shape index (κ2) is 8.29. The molecule has 1 saturated carbocycles. The van der Waals surface area contributed by atoms with E-state index in [1.165, 1.54) is 5.56 Å². The first-order valence-electron chi connectivity index (χ1n) is 7.66. The molecule has 1 aliphatic carbocycles. The van der Waals surface area contributed by atoms with Crippen LogP contribution in [-0.2, 0) is 0 Å². The van der Waals surface area contributed by atoms with Gasteiger partial charge in [-0.3, -0.25) is 0 Å². The number of benzene rings is 1. The molecule has 2 fully saturated rings. The number of thioether (sulfide) groups is 1. The van der Waals surface area contributed by atoms with Gasteiger partial charge in [0.25, 0.3) is 0 Å². The lowest BCUT2D eigenvalue weighted by atomic mass is 10.1. The number of nitrogens with zero attached hydrogens (tertiary/aromatic N) is 2. The summed E-state index contributed by atoms with van der Waals surface area (Å²) >= 11 is 1.99. The number of ether oxygens (including phenoxy) is 1. The molecule has 3 rings (SSSR count). The van der Waals surface area contributed by atoms with Crippen LogP contribution in [0.25, 0.3) is 0 Å². The summed E-state index contributed by atoms with van der Waals surface area (Å²) in [7, 11) is 0. The van der Waals surface area contributed by atoms with Crippen LogP contribution in [0.15, 0.2) is 29.3 Å². The van der Waals surface area contributed by atoms with Gasteiger partial charge in [-0.2, -0.15) is 11.8 Å². The Hall–Kier alpha value is -0.630. The minimum Gasteiger partial charge on any atom is -0.494 e. The quantitative estimate of drug-likeness (QED) is 0.451. The van der Waals surface area contributed by atoms with Crippen LogP contribution in [0.4, 0.5) is 0 Å². The van der Waals surface area contributed by atoms with Gasteiger partial charge < -0.3 is 15.4 Å². The van der Waals surface area contributed by atoms with Crippen LogP contribution in [0.2, 0.25) is 0 Å². The van der Waals surface area contributed by atoms with Crippen molar-refractivity contribution in [1.82, 2.24) is 4.90 Å². The van der Waals surface area contributed by atoms with Crippen molar-refractivity contribution in [1.29, 1.82) is 0 Å². The Balaban J connectivity index is 0.00000176. The van der Waals surface area contributed by atoms with Gasteiger partial charge in [-0.15, -0.1) is 24.0 Å². The van der Waals surface area contributed by atoms with E-state index in [0.717, 1.165) is 42.7 Å². The summed E-state index contributed by atoms with van der Waals surface area (Å²) in [4.78, 5) is 6.93. The summed E-state index contributed by atoms with van der Waals surface area (Å²) in [6, 6.07) is 8.71. The van der Waals surface area contributed by atoms with Crippen LogP contribution in [0.3, 0.4) is 0 Å². The topological polar surface area (TPSA) is 50.9 Å². The maximum absolute atomic E-state index is 6.15. The average molecular weight is 433 g/mol. The molecule has 2 atom stereocenters. The highest BCUT2D eigenvalue weighted by molar-refractivity contribution is 14.0.